The van der Waals surface area contributed by atoms with Crippen LogP contribution in [0.1, 0.15) is 35.8 Å². The van der Waals surface area contributed by atoms with Crippen LogP contribution in [-0.2, 0) is 0 Å². The number of hydrogen-bond acceptors (Lipinski definition) is 3. The van der Waals surface area contributed by atoms with Gasteiger partial charge in [0.25, 0.3) is 5.91 Å². The van der Waals surface area contributed by atoms with Crippen LogP contribution in [0.4, 0.5) is 5.69 Å². The summed E-state index contributed by atoms with van der Waals surface area (Å²) in [6.45, 7) is 4.94. The van der Waals surface area contributed by atoms with E-state index in [1.54, 1.807) is 0 Å². The molecule has 0 aliphatic rings. The fourth-order valence-electron chi connectivity index (χ4n) is 2.15. The number of hydrogen-bond donors (Lipinski definition) is 3. The molecule has 1 aromatic carbocycles. The number of amides is 1. The van der Waals surface area contributed by atoms with Crippen LogP contribution in [0.15, 0.2) is 47.4 Å². The first kappa shape index (κ1) is 15.0. The van der Waals surface area contributed by atoms with Crippen LogP contribution in [0.25, 0.3) is 0 Å². The average Bonchev–Trinajstić information content (AvgIpc) is 2.48. The van der Waals surface area contributed by atoms with E-state index in [2.05, 4.69) is 22.5 Å². The zero-order chi connectivity index (χ0) is 15.2. The number of anilines is 1. The fraction of sp³-hybridized carbons (Fsp3) is 0.250. The normalized spacial score (nSPS) is 11.9. The number of aromatic nitrogens is 1. The third kappa shape index (κ3) is 3.79. The zero-order valence-corrected chi connectivity index (χ0v) is 12.1. The molecular formula is C16H19N3O2. The van der Waals surface area contributed by atoms with E-state index in [1.165, 1.54) is 18.3 Å². The molecule has 2 aromatic rings. The molecule has 1 atom stereocenters. The van der Waals surface area contributed by atoms with E-state index >= 15 is 0 Å². The molecule has 1 amide bonds. The van der Waals surface area contributed by atoms with Crippen molar-refractivity contribution in [3.8, 4) is 0 Å². The Kier molecular flexibility index (Phi) is 4.90. The highest BCUT2D eigenvalue weighted by Gasteiger charge is 2.12. The van der Waals surface area contributed by atoms with E-state index in [-0.39, 0.29) is 17.5 Å². The molecule has 0 aliphatic heterocycles. The van der Waals surface area contributed by atoms with Crippen molar-refractivity contribution in [2.24, 2.45) is 0 Å². The quantitative estimate of drug-likeness (QED) is 0.789. The van der Waals surface area contributed by atoms with Crippen molar-refractivity contribution >= 4 is 11.6 Å². The first-order valence-electron chi connectivity index (χ1n) is 6.94. The van der Waals surface area contributed by atoms with Crippen LogP contribution in [0, 0.1) is 0 Å². The molecule has 0 radical (unpaired) electrons. The standard InChI is InChI=1S/C16H19N3O2/c1-3-17-11(2)13-6-4-5-7-14(13)19-16(21)12-8-9-15(20)18-10-12/h4-11,17H,3H2,1-2H3,(H,18,20)(H,19,21). The summed E-state index contributed by atoms with van der Waals surface area (Å²) in [5.74, 6) is -0.248. The van der Waals surface area contributed by atoms with Gasteiger partial charge in [-0.1, -0.05) is 25.1 Å². The van der Waals surface area contributed by atoms with Crippen LogP contribution in [-0.4, -0.2) is 17.4 Å². The van der Waals surface area contributed by atoms with Gasteiger partial charge in [-0.15, -0.1) is 0 Å². The summed E-state index contributed by atoms with van der Waals surface area (Å²) < 4.78 is 0. The number of para-hydroxylation sites is 1. The van der Waals surface area contributed by atoms with Crippen LogP contribution >= 0.6 is 0 Å². The molecule has 21 heavy (non-hydrogen) atoms. The van der Waals surface area contributed by atoms with Gasteiger partial charge in [-0.25, -0.2) is 0 Å². The second-order valence-corrected chi connectivity index (χ2v) is 4.76. The lowest BCUT2D eigenvalue weighted by molar-refractivity contribution is 0.102. The summed E-state index contributed by atoms with van der Waals surface area (Å²) in [6.07, 6.45) is 1.41. The number of nitrogens with one attached hydrogen (secondary N) is 3. The Morgan fingerprint density at radius 1 is 1.24 bits per heavy atom. The molecule has 110 valence electrons. The fourth-order valence-corrected chi connectivity index (χ4v) is 2.15. The van der Waals surface area contributed by atoms with Crippen molar-refractivity contribution in [3.63, 3.8) is 0 Å². The molecule has 0 saturated heterocycles. The number of pyridine rings is 1. The van der Waals surface area contributed by atoms with Gasteiger partial charge in [-0.2, -0.15) is 0 Å². The van der Waals surface area contributed by atoms with E-state index in [9.17, 15) is 9.59 Å². The summed E-state index contributed by atoms with van der Waals surface area (Å²) in [6, 6.07) is 10.7. The summed E-state index contributed by atoms with van der Waals surface area (Å²) in [7, 11) is 0. The lowest BCUT2D eigenvalue weighted by atomic mass is 10.1. The second kappa shape index (κ2) is 6.85. The molecule has 0 spiro atoms. The number of benzene rings is 1. The maximum absolute atomic E-state index is 12.2. The Labute approximate surface area is 123 Å². The summed E-state index contributed by atoms with van der Waals surface area (Å²) >= 11 is 0. The van der Waals surface area contributed by atoms with Gasteiger partial charge < -0.3 is 15.6 Å². The lowest BCUT2D eigenvalue weighted by Gasteiger charge is -2.17. The Morgan fingerprint density at radius 2 is 2.00 bits per heavy atom. The van der Waals surface area contributed by atoms with Gasteiger partial charge >= 0.3 is 0 Å². The highest BCUT2D eigenvalue weighted by molar-refractivity contribution is 6.04. The minimum Gasteiger partial charge on any atom is -0.328 e. The van der Waals surface area contributed by atoms with Gasteiger partial charge in [-0.3, -0.25) is 9.59 Å². The Morgan fingerprint density at radius 3 is 2.67 bits per heavy atom. The molecule has 1 heterocycles. The zero-order valence-electron chi connectivity index (χ0n) is 12.1. The molecular weight excluding hydrogens is 266 g/mol. The van der Waals surface area contributed by atoms with Crippen LogP contribution in [0.3, 0.4) is 0 Å². The van der Waals surface area contributed by atoms with Crippen molar-refractivity contribution in [3.05, 3.63) is 64.1 Å². The van der Waals surface area contributed by atoms with E-state index in [0.29, 0.717) is 5.56 Å². The molecule has 5 heteroatoms. The summed E-state index contributed by atoms with van der Waals surface area (Å²) in [5.41, 5.74) is 1.98. The van der Waals surface area contributed by atoms with Crippen LogP contribution in [0.2, 0.25) is 0 Å². The van der Waals surface area contributed by atoms with Crippen molar-refractivity contribution in [1.29, 1.82) is 0 Å². The lowest BCUT2D eigenvalue weighted by Crippen LogP contribution is -2.21. The van der Waals surface area contributed by atoms with Crippen LogP contribution in [0.5, 0.6) is 0 Å². The number of rotatable bonds is 5. The molecule has 1 unspecified atom stereocenters. The molecule has 1 aromatic heterocycles. The van der Waals surface area contributed by atoms with E-state index in [4.69, 9.17) is 0 Å². The van der Waals surface area contributed by atoms with Gasteiger partial charge in [0, 0.05) is 24.0 Å². The van der Waals surface area contributed by atoms with Crippen molar-refractivity contribution in [1.82, 2.24) is 10.3 Å². The minimum atomic E-state index is -0.248. The third-order valence-corrected chi connectivity index (χ3v) is 3.23. The summed E-state index contributed by atoms with van der Waals surface area (Å²) in [4.78, 5) is 25.7. The highest BCUT2D eigenvalue weighted by atomic mass is 16.1. The predicted octanol–water partition coefficient (Wildman–Crippen LogP) is 2.30. The van der Waals surface area contributed by atoms with Gasteiger partial charge in [0.05, 0.1) is 5.56 Å². The Balaban J connectivity index is 2.21. The monoisotopic (exact) mass is 285 g/mol. The first-order valence-corrected chi connectivity index (χ1v) is 6.94. The van der Waals surface area contributed by atoms with Crippen molar-refractivity contribution < 1.29 is 4.79 Å². The molecule has 3 N–H and O–H groups in total. The first-order chi connectivity index (χ1) is 10.1. The third-order valence-electron chi connectivity index (χ3n) is 3.23. The second-order valence-electron chi connectivity index (χ2n) is 4.76. The number of aromatic amines is 1. The molecule has 0 fully saturated rings. The molecule has 0 saturated carbocycles. The Hall–Kier alpha value is -2.40. The largest absolute Gasteiger partial charge is 0.328 e. The topological polar surface area (TPSA) is 74.0 Å². The van der Waals surface area contributed by atoms with Gasteiger partial charge in [0.1, 0.15) is 0 Å². The number of carbonyl (C=O) groups excluding carboxylic acids is 1. The maximum Gasteiger partial charge on any atom is 0.257 e. The number of carbonyl (C=O) groups is 1. The molecule has 2 rings (SSSR count). The van der Waals surface area contributed by atoms with Crippen molar-refractivity contribution in [2.75, 3.05) is 11.9 Å². The maximum atomic E-state index is 12.2. The van der Waals surface area contributed by atoms with E-state index in [1.807, 2.05) is 31.2 Å². The Bertz CT molecular complexity index is 659. The van der Waals surface area contributed by atoms with E-state index < -0.39 is 0 Å². The molecule has 0 aliphatic carbocycles. The van der Waals surface area contributed by atoms with E-state index in [0.717, 1.165) is 17.8 Å². The minimum absolute atomic E-state index is 0.141. The summed E-state index contributed by atoms with van der Waals surface area (Å²) in [5, 5.41) is 6.21. The van der Waals surface area contributed by atoms with Crippen LogP contribution < -0.4 is 16.2 Å². The SMILES string of the molecule is CCNC(C)c1ccccc1NC(=O)c1ccc(=O)[nH]c1. The predicted molar refractivity (Wildman–Crippen MR) is 83.5 cm³/mol. The number of H-pyrrole nitrogens is 1. The van der Waals surface area contributed by atoms with Gasteiger partial charge in [-0.05, 0) is 31.2 Å². The van der Waals surface area contributed by atoms with Gasteiger partial charge in [0.15, 0.2) is 0 Å². The highest BCUT2D eigenvalue weighted by Crippen LogP contribution is 2.22. The smallest absolute Gasteiger partial charge is 0.257 e. The molecule has 5 nitrogen and oxygen atoms in total. The van der Waals surface area contributed by atoms with Crippen molar-refractivity contribution in [2.45, 2.75) is 19.9 Å². The van der Waals surface area contributed by atoms with Gasteiger partial charge in [0.2, 0.25) is 5.56 Å². The average molecular weight is 285 g/mol. The molecule has 0 bridgehead atoms.